The largest absolute Gasteiger partial charge is 0.349 e. The van der Waals surface area contributed by atoms with Gasteiger partial charge >= 0.3 is 0 Å². The van der Waals surface area contributed by atoms with Gasteiger partial charge in [-0.1, -0.05) is 12.1 Å². The van der Waals surface area contributed by atoms with Gasteiger partial charge < -0.3 is 10.2 Å². The zero-order valence-corrected chi connectivity index (χ0v) is 18.6. The molecule has 2 bridgehead atoms. The Morgan fingerprint density at radius 1 is 0.906 bits per heavy atom. The van der Waals surface area contributed by atoms with Crippen LogP contribution in [-0.4, -0.2) is 49.5 Å². The van der Waals surface area contributed by atoms with Gasteiger partial charge in [-0.15, -0.1) is 21.5 Å². The number of aromatic nitrogens is 5. The fraction of sp³-hybridized carbons (Fsp3) is 0.417. The summed E-state index contributed by atoms with van der Waals surface area (Å²) in [4.78, 5) is 7.22. The summed E-state index contributed by atoms with van der Waals surface area (Å²) in [6.07, 6.45) is 11.4. The first-order valence-electron chi connectivity index (χ1n) is 11.6. The van der Waals surface area contributed by atoms with Gasteiger partial charge in [0.05, 0.1) is 27.6 Å². The van der Waals surface area contributed by atoms with Gasteiger partial charge in [0, 0.05) is 47.1 Å². The van der Waals surface area contributed by atoms with Gasteiger partial charge in [0.15, 0.2) is 5.82 Å². The average molecular weight is 444 g/mol. The minimum atomic E-state index is 0.587. The van der Waals surface area contributed by atoms with Crippen molar-refractivity contribution >= 4 is 27.4 Å². The Bertz CT molecular complexity index is 1230. The molecule has 1 aliphatic carbocycles. The Balaban J connectivity index is 1.22. The molecule has 7 nitrogen and oxygen atoms in total. The molecule has 8 heteroatoms. The van der Waals surface area contributed by atoms with E-state index < -0.39 is 0 Å². The van der Waals surface area contributed by atoms with Gasteiger partial charge in [-0.3, -0.25) is 5.10 Å². The van der Waals surface area contributed by atoms with E-state index in [9.17, 15) is 0 Å². The molecule has 3 atom stereocenters. The molecular formula is C24H25N7S. The molecule has 1 unspecified atom stereocenters. The van der Waals surface area contributed by atoms with Crippen LogP contribution in [0.1, 0.15) is 38.5 Å². The first-order valence-corrected chi connectivity index (χ1v) is 12.5. The van der Waals surface area contributed by atoms with Crippen molar-refractivity contribution in [1.82, 2.24) is 30.7 Å². The second kappa shape index (κ2) is 7.35. The lowest BCUT2D eigenvalue weighted by molar-refractivity contribution is 0.344. The number of aromatic amines is 1. The van der Waals surface area contributed by atoms with Gasteiger partial charge in [0.2, 0.25) is 0 Å². The lowest BCUT2D eigenvalue weighted by Crippen LogP contribution is -2.49. The van der Waals surface area contributed by atoms with Gasteiger partial charge in [-0.2, -0.15) is 5.10 Å². The summed E-state index contributed by atoms with van der Waals surface area (Å²) >= 11 is 1.65. The highest BCUT2D eigenvalue weighted by Gasteiger charge is 2.41. The first kappa shape index (κ1) is 18.7. The lowest BCUT2D eigenvalue weighted by atomic mass is 9.98. The van der Waals surface area contributed by atoms with E-state index >= 15 is 0 Å². The maximum absolute atomic E-state index is 4.75. The van der Waals surface area contributed by atoms with Crippen molar-refractivity contribution in [3.05, 3.63) is 42.2 Å². The molecule has 2 saturated heterocycles. The Morgan fingerprint density at radius 2 is 1.75 bits per heavy atom. The standard InChI is InChI=1S/C24H25N7S/c1-2-16-10-18(9-15(1)28-16)31(17-3-4-17)22-8-7-21(29-30-22)20-6-5-19(14-11-26-27-12-14)23-24(20)32-13-25-23/h5-8,11-13,15-18,28H,1-4,9-10H2,(H,26,27)/t15-,16+,18?. The fourth-order valence-electron chi connectivity index (χ4n) is 5.67. The van der Waals surface area contributed by atoms with Crippen LogP contribution >= 0.6 is 11.3 Å². The summed E-state index contributed by atoms with van der Waals surface area (Å²) in [6.45, 7) is 0. The van der Waals surface area contributed by atoms with Gasteiger partial charge in [0.1, 0.15) is 0 Å². The second-order valence-corrected chi connectivity index (χ2v) is 10.2. The van der Waals surface area contributed by atoms with E-state index in [1.165, 1.54) is 38.5 Å². The summed E-state index contributed by atoms with van der Waals surface area (Å²) in [5.41, 5.74) is 7.02. The van der Waals surface area contributed by atoms with Crippen LogP contribution in [0.3, 0.4) is 0 Å². The molecule has 5 heterocycles. The van der Waals surface area contributed by atoms with Gasteiger partial charge in [-0.25, -0.2) is 4.98 Å². The Labute approximate surface area is 190 Å². The summed E-state index contributed by atoms with van der Waals surface area (Å²) < 4.78 is 1.14. The van der Waals surface area contributed by atoms with E-state index in [0.717, 1.165) is 38.4 Å². The normalized spacial score (nSPS) is 24.8. The number of hydrogen-bond acceptors (Lipinski definition) is 7. The van der Waals surface area contributed by atoms with E-state index in [1.54, 1.807) is 11.3 Å². The SMILES string of the molecule is c1nc2c(-c3cn[nH]c3)ccc(-c3ccc(N(C4CC4)C4C[C@H]5CC[C@@H](C4)N5)nn3)c2s1. The van der Waals surface area contributed by atoms with Gasteiger partial charge in [-0.05, 0) is 50.7 Å². The molecule has 3 aliphatic rings. The fourth-order valence-corrected chi connectivity index (χ4v) is 6.51. The summed E-state index contributed by atoms with van der Waals surface area (Å²) in [5.74, 6) is 1.04. The highest BCUT2D eigenvalue weighted by atomic mass is 32.1. The lowest BCUT2D eigenvalue weighted by Gasteiger charge is -2.38. The third kappa shape index (κ3) is 3.12. The monoisotopic (exact) mass is 443 g/mol. The minimum absolute atomic E-state index is 0.587. The molecule has 1 aromatic carbocycles. The van der Waals surface area contributed by atoms with Crippen LogP contribution < -0.4 is 10.2 Å². The number of H-pyrrole nitrogens is 1. The number of piperidine rings is 1. The third-order valence-corrected chi connectivity index (χ3v) is 8.13. The number of thiazole rings is 1. The molecule has 1 saturated carbocycles. The van der Waals surface area contributed by atoms with Crippen molar-refractivity contribution < 1.29 is 0 Å². The van der Waals surface area contributed by atoms with Crippen molar-refractivity contribution in [3.8, 4) is 22.4 Å². The van der Waals surface area contributed by atoms with Crippen molar-refractivity contribution in [1.29, 1.82) is 0 Å². The molecule has 7 rings (SSSR count). The molecular weight excluding hydrogens is 418 g/mol. The molecule has 2 aliphatic heterocycles. The molecule has 0 radical (unpaired) electrons. The molecule has 32 heavy (non-hydrogen) atoms. The van der Waals surface area contributed by atoms with E-state index in [2.05, 4.69) is 49.7 Å². The average Bonchev–Trinajstić information content (AvgIpc) is 3.19. The predicted octanol–water partition coefficient (Wildman–Crippen LogP) is 4.40. The topological polar surface area (TPSA) is 82.6 Å². The zero-order chi connectivity index (χ0) is 21.1. The van der Waals surface area contributed by atoms with Crippen molar-refractivity contribution in [2.75, 3.05) is 4.90 Å². The van der Waals surface area contributed by atoms with E-state index in [0.29, 0.717) is 24.2 Å². The van der Waals surface area contributed by atoms with E-state index in [4.69, 9.17) is 10.2 Å². The highest BCUT2D eigenvalue weighted by molar-refractivity contribution is 7.17. The second-order valence-electron chi connectivity index (χ2n) is 9.36. The Hall–Kier alpha value is -2.84. The number of anilines is 1. The summed E-state index contributed by atoms with van der Waals surface area (Å²) in [6, 6.07) is 11.2. The number of nitrogens with one attached hydrogen (secondary N) is 2. The zero-order valence-electron chi connectivity index (χ0n) is 17.7. The maximum atomic E-state index is 4.75. The third-order valence-electron chi connectivity index (χ3n) is 7.27. The first-order chi connectivity index (χ1) is 15.8. The van der Waals surface area contributed by atoms with Crippen LogP contribution in [0.5, 0.6) is 0 Å². The summed E-state index contributed by atoms with van der Waals surface area (Å²) in [7, 11) is 0. The van der Waals surface area contributed by atoms with Crippen LogP contribution in [0.25, 0.3) is 32.6 Å². The molecule has 0 spiro atoms. The van der Waals surface area contributed by atoms with E-state index in [1.807, 2.05) is 17.9 Å². The number of fused-ring (bicyclic) bond motifs is 3. The van der Waals surface area contributed by atoms with E-state index in [-0.39, 0.29) is 0 Å². The Morgan fingerprint density at radius 3 is 2.47 bits per heavy atom. The molecule has 3 aromatic heterocycles. The number of hydrogen-bond donors (Lipinski definition) is 2. The van der Waals surface area contributed by atoms with Crippen LogP contribution in [-0.2, 0) is 0 Å². The van der Waals surface area contributed by atoms with Crippen LogP contribution in [0.4, 0.5) is 5.82 Å². The number of benzene rings is 1. The Kier molecular flexibility index (Phi) is 4.30. The molecule has 3 fully saturated rings. The highest BCUT2D eigenvalue weighted by Crippen LogP contribution is 2.40. The number of nitrogens with zero attached hydrogens (tertiary/aromatic N) is 5. The molecule has 4 aromatic rings. The summed E-state index contributed by atoms with van der Waals surface area (Å²) in [5, 5.41) is 20.2. The van der Waals surface area contributed by atoms with Crippen LogP contribution in [0, 0.1) is 0 Å². The van der Waals surface area contributed by atoms with Crippen molar-refractivity contribution in [3.63, 3.8) is 0 Å². The van der Waals surface area contributed by atoms with Crippen molar-refractivity contribution in [2.24, 2.45) is 0 Å². The van der Waals surface area contributed by atoms with Crippen LogP contribution in [0.2, 0.25) is 0 Å². The predicted molar refractivity (Wildman–Crippen MR) is 127 cm³/mol. The van der Waals surface area contributed by atoms with Gasteiger partial charge in [0.25, 0.3) is 0 Å². The smallest absolute Gasteiger partial charge is 0.151 e. The number of rotatable bonds is 5. The van der Waals surface area contributed by atoms with Crippen LogP contribution in [0.15, 0.2) is 42.2 Å². The quantitative estimate of drug-likeness (QED) is 0.476. The molecule has 0 amide bonds. The van der Waals surface area contributed by atoms with Crippen molar-refractivity contribution in [2.45, 2.75) is 62.7 Å². The maximum Gasteiger partial charge on any atom is 0.151 e. The minimum Gasteiger partial charge on any atom is -0.349 e. The molecule has 162 valence electrons. The molecule has 2 N–H and O–H groups in total.